The van der Waals surface area contributed by atoms with E-state index >= 15 is 0 Å². The van der Waals surface area contributed by atoms with Gasteiger partial charge in [-0.1, -0.05) is 0 Å². The summed E-state index contributed by atoms with van der Waals surface area (Å²) in [6.07, 6.45) is 3.78. The molecule has 0 spiro atoms. The van der Waals surface area contributed by atoms with Crippen molar-refractivity contribution >= 4 is 16.7 Å². The van der Waals surface area contributed by atoms with Gasteiger partial charge < -0.3 is 24.4 Å². The lowest BCUT2D eigenvalue weighted by molar-refractivity contribution is -0.0630. The molecule has 1 fully saturated rings. The Bertz CT molecular complexity index is 1070. The first kappa shape index (κ1) is 20.1. The normalized spacial score (nSPS) is 19.6. The van der Waals surface area contributed by atoms with Gasteiger partial charge in [0.15, 0.2) is 11.5 Å². The van der Waals surface area contributed by atoms with Gasteiger partial charge in [0.05, 0.1) is 23.4 Å². The molecule has 31 heavy (non-hydrogen) atoms. The van der Waals surface area contributed by atoms with E-state index in [1.807, 2.05) is 18.2 Å². The van der Waals surface area contributed by atoms with Crippen LogP contribution in [0.25, 0.3) is 10.9 Å². The molecule has 2 aliphatic rings. The lowest BCUT2D eigenvalue weighted by Gasteiger charge is -2.36. The molecular formula is C23H29N5O3. The molecule has 5 rings (SSSR count). The highest BCUT2D eigenvalue weighted by atomic mass is 16.7. The van der Waals surface area contributed by atoms with Gasteiger partial charge in [0, 0.05) is 49.5 Å². The van der Waals surface area contributed by atoms with Crippen molar-refractivity contribution in [2.24, 2.45) is 0 Å². The van der Waals surface area contributed by atoms with Crippen LogP contribution in [0.15, 0.2) is 30.5 Å². The number of fused-ring (bicyclic) bond motifs is 2. The zero-order chi connectivity index (χ0) is 21.4. The summed E-state index contributed by atoms with van der Waals surface area (Å²) >= 11 is 0. The molecular weight excluding hydrogens is 394 g/mol. The topological polar surface area (TPSA) is 84.5 Å². The van der Waals surface area contributed by atoms with E-state index in [2.05, 4.69) is 47.4 Å². The minimum atomic E-state index is -0.0876. The number of nitrogens with zero attached hydrogens (tertiary/aromatic N) is 3. The first-order valence-corrected chi connectivity index (χ1v) is 10.8. The molecule has 3 aromatic rings. The van der Waals surface area contributed by atoms with E-state index in [0.717, 1.165) is 65.5 Å². The molecule has 164 valence electrons. The van der Waals surface area contributed by atoms with Crippen molar-refractivity contribution in [2.45, 2.75) is 51.4 Å². The molecule has 1 unspecified atom stereocenters. The summed E-state index contributed by atoms with van der Waals surface area (Å²) in [5, 5.41) is 11.9. The molecule has 1 aromatic carbocycles. The van der Waals surface area contributed by atoms with Gasteiger partial charge in [-0.3, -0.25) is 5.10 Å². The van der Waals surface area contributed by atoms with Crippen molar-refractivity contribution in [1.29, 1.82) is 0 Å². The van der Waals surface area contributed by atoms with Crippen LogP contribution in [0.5, 0.6) is 11.5 Å². The predicted octanol–water partition coefficient (Wildman–Crippen LogP) is 3.37. The first-order chi connectivity index (χ1) is 15.0. The number of H-pyrrole nitrogens is 1. The van der Waals surface area contributed by atoms with Crippen LogP contribution < -0.4 is 19.7 Å². The molecule has 2 N–H and O–H groups in total. The molecule has 4 heterocycles. The average Bonchev–Trinajstić information content (AvgIpc) is 3.40. The average molecular weight is 424 g/mol. The Morgan fingerprint density at radius 1 is 1.23 bits per heavy atom. The SMILES string of the molecule is CN(Cc1ccn[nH]1)c1nc2cc3c(cc2cc1CNC1CCOC(C)(C)C1)OCO3. The van der Waals surface area contributed by atoms with E-state index in [4.69, 9.17) is 19.2 Å². The summed E-state index contributed by atoms with van der Waals surface area (Å²) < 4.78 is 17.0. The number of hydrogen-bond acceptors (Lipinski definition) is 7. The van der Waals surface area contributed by atoms with E-state index < -0.39 is 0 Å². The number of anilines is 1. The molecule has 0 amide bonds. The number of nitrogens with one attached hydrogen (secondary N) is 2. The van der Waals surface area contributed by atoms with Crippen molar-refractivity contribution in [1.82, 2.24) is 20.5 Å². The number of ether oxygens (including phenoxy) is 3. The van der Waals surface area contributed by atoms with Crippen LogP contribution >= 0.6 is 0 Å². The second-order valence-corrected chi connectivity index (χ2v) is 8.99. The fourth-order valence-electron chi connectivity index (χ4n) is 4.42. The number of pyridine rings is 1. The molecule has 2 aliphatic heterocycles. The Labute approximate surface area is 181 Å². The third-order valence-corrected chi connectivity index (χ3v) is 5.97. The van der Waals surface area contributed by atoms with Crippen LogP contribution in [0, 0.1) is 0 Å². The second kappa shape index (κ2) is 8.01. The minimum absolute atomic E-state index is 0.0876. The smallest absolute Gasteiger partial charge is 0.231 e. The van der Waals surface area contributed by atoms with Crippen molar-refractivity contribution < 1.29 is 14.2 Å². The van der Waals surface area contributed by atoms with Gasteiger partial charge in [-0.05, 0) is 44.9 Å². The number of aromatic amines is 1. The van der Waals surface area contributed by atoms with Crippen LogP contribution in [-0.2, 0) is 17.8 Å². The second-order valence-electron chi connectivity index (χ2n) is 8.99. The van der Waals surface area contributed by atoms with E-state index in [1.165, 1.54) is 0 Å². The largest absolute Gasteiger partial charge is 0.454 e. The predicted molar refractivity (Wildman–Crippen MR) is 118 cm³/mol. The summed E-state index contributed by atoms with van der Waals surface area (Å²) in [5.41, 5.74) is 3.00. The van der Waals surface area contributed by atoms with Crippen molar-refractivity contribution in [2.75, 3.05) is 25.3 Å². The van der Waals surface area contributed by atoms with Gasteiger partial charge >= 0.3 is 0 Å². The molecule has 1 saturated heterocycles. The van der Waals surface area contributed by atoms with Crippen LogP contribution in [0.1, 0.15) is 37.9 Å². The van der Waals surface area contributed by atoms with E-state index in [0.29, 0.717) is 12.6 Å². The molecule has 0 bridgehead atoms. The molecule has 8 heteroatoms. The van der Waals surface area contributed by atoms with Crippen LogP contribution in [0.4, 0.5) is 5.82 Å². The third kappa shape index (κ3) is 4.31. The molecule has 0 radical (unpaired) electrons. The standard InChI is InChI=1S/C23H29N5O3/c1-23(2)11-17(5-7-31-23)24-12-16-8-15-9-20-21(30-14-29-20)10-19(15)26-22(16)28(3)13-18-4-6-25-27-18/h4,6,8-10,17,24H,5,7,11-14H2,1-3H3,(H,25,27). The zero-order valence-corrected chi connectivity index (χ0v) is 18.3. The van der Waals surface area contributed by atoms with Crippen LogP contribution in [0.3, 0.4) is 0 Å². The minimum Gasteiger partial charge on any atom is -0.454 e. The van der Waals surface area contributed by atoms with Gasteiger partial charge in [-0.15, -0.1) is 0 Å². The highest BCUT2D eigenvalue weighted by Crippen LogP contribution is 2.37. The van der Waals surface area contributed by atoms with Gasteiger partial charge in [0.2, 0.25) is 6.79 Å². The number of hydrogen-bond donors (Lipinski definition) is 2. The highest BCUT2D eigenvalue weighted by Gasteiger charge is 2.28. The Kier molecular flexibility index (Phi) is 5.19. The van der Waals surface area contributed by atoms with Crippen molar-refractivity contribution in [3.8, 4) is 11.5 Å². The number of rotatable bonds is 6. The first-order valence-electron chi connectivity index (χ1n) is 10.8. The van der Waals surface area contributed by atoms with Gasteiger partial charge in [0.25, 0.3) is 0 Å². The Balaban J connectivity index is 1.45. The fourth-order valence-corrected chi connectivity index (χ4v) is 4.42. The van der Waals surface area contributed by atoms with E-state index in [9.17, 15) is 0 Å². The molecule has 2 aromatic heterocycles. The zero-order valence-electron chi connectivity index (χ0n) is 18.3. The number of aromatic nitrogens is 3. The van der Waals surface area contributed by atoms with Gasteiger partial charge in [0.1, 0.15) is 5.82 Å². The van der Waals surface area contributed by atoms with Crippen LogP contribution in [0.2, 0.25) is 0 Å². The van der Waals surface area contributed by atoms with Gasteiger partial charge in [-0.25, -0.2) is 4.98 Å². The Hall–Kier alpha value is -2.84. The van der Waals surface area contributed by atoms with Crippen molar-refractivity contribution in [3.63, 3.8) is 0 Å². The molecule has 8 nitrogen and oxygen atoms in total. The fraction of sp³-hybridized carbons (Fsp3) is 0.478. The monoisotopic (exact) mass is 423 g/mol. The van der Waals surface area contributed by atoms with Crippen molar-refractivity contribution in [3.05, 3.63) is 41.7 Å². The highest BCUT2D eigenvalue weighted by molar-refractivity contribution is 5.85. The summed E-state index contributed by atoms with van der Waals surface area (Å²) in [4.78, 5) is 7.17. The molecule has 1 atom stereocenters. The van der Waals surface area contributed by atoms with Gasteiger partial charge in [-0.2, -0.15) is 5.10 Å². The van der Waals surface area contributed by atoms with E-state index in [-0.39, 0.29) is 12.4 Å². The van der Waals surface area contributed by atoms with Crippen LogP contribution in [-0.4, -0.2) is 47.3 Å². The maximum atomic E-state index is 5.87. The number of benzene rings is 1. The summed E-state index contributed by atoms with van der Waals surface area (Å²) in [5.74, 6) is 2.47. The van der Waals surface area contributed by atoms with E-state index in [1.54, 1.807) is 6.20 Å². The Morgan fingerprint density at radius 3 is 2.84 bits per heavy atom. The lowest BCUT2D eigenvalue weighted by atomic mass is 9.94. The third-order valence-electron chi connectivity index (χ3n) is 5.97. The Morgan fingerprint density at radius 2 is 2.06 bits per heavy atom. The summed E-state index contributed by atoms with van der Waals surface area (Å²) in [6.45, 7) is 6.79. The lowest BCUT2D eigenvalue weighted by Crippen LogP contribution is -2.43. The quantitative estimate of drug-likeness (QED) is 0.629. The summed E-state index contributed by atoms with van der Waals surface area (Å²) in [6, 6.07) is 8.59. The maximum Gasteiger partial charge on any atom is 0.231 e. The maximum absolute atomic E-state index is 5.87. The summed E-state index contributed by atoms with van der Waals surface area (Å²) in [7, 11) is 2.06. The molecule has 0 aliphatic carbocycles. The molecule has 0 saturated carbocycles.